The van der Waals surface area contributed by atoms with Crippen LogP contribution in [0, 0.1) is 0 Å². The molecule has 0 radical (unpaired) electrons. The maximum absolute atomic E-state index is 2.46. The minimum atomic E-state index is -0.187. The highest BCUT2D eigenvalue weighted by molar-refractivity contribution is 6.03. The number of rotatable bonds is 8. The molecule has 0 N–H and O–H groups in total. The van der Waals surface area contributed by atoms with Gasteiger partial charge >= 0.3 is 0 Å². The number of allylic oxidation sites excluding steroid dienone is 3. The molecule has 68 heavy (non-hydrogen) atoms. The van der Waals surface area contributed by atoms with E-state index in [2.05, 4.69) is 284 Å². The molecule has 0 amide bonds. The lowest BCUT2D eigenvalue weighted by molar-refractivity contribution is 0.660. The highest BCUT2D eigenvalue weighted by atomic mass is 15.3. The predicted octanol–water partition coefficient (Wildman–Crippen LogP) is 18.0. The topological polar surface area (TPSA) is 13.0 Å². The Morgan fingerprint density at radius 1 is 0.397 bits per heavy atom. The quantitative estimate of drug-likeness (QED) is 0.111. The van der Waals surface area contributed by atoms with Gasteiger partial charge in [0.25, 0.3) is 0 Å². The molecule has 328 valence electrons. The smallest absolute Gasteiger partial charge is 0.0703 e. The first kappa shape index (κ1) is 41.1. The molecule has 0 fully saturated rings. The summed E-state index contributed by atoms with van der Waals surface area (Å²) in [6.45, 7) is 9.09. The van der Waals surface area contributed by atoms with Gasteiger partial charge in [0.2, 0.25) is 0 Å². The van der Waals surface area contributed by atoms with Gasteiger partial charge in [-0.15, -0.1) is 0 Å². The lowest BCUT2D eigenvalue weighted by Gasteiger charge is -2.42. The minimum Gasteiger partial charge on any atom is -0.331 e. The Hall–Kier alpha value is -8.34. The van der Waals surface area contributed by atoms with E-state index in [1.807, 2.05) is 0 Å². The summed E-state index contributed by atoms with van der Waals surface area (Å²) in [7, 11) is 0. The summed E-state index contributed by atoms with van der Waals surface area (Å²) in [4.78, 5) is 9.68. The molecule has 2 heterocycles. The van der Waals surface area contributed by atoms with Crippen LogP contribution in [-0.4, -0.2) is 6.04 Å². The standard InChI is InChI=1S/C64H52N4/c1-5-6-8-19-44(2)65-56-22-11-13-24-58(56)68(59-25-14-12-23-57(59)65)51-37-39-53-52-38-33-46(41-54(52)64(3,4)55(53)43-51)31-30-45-32-34-48-42-50(36-35-47(48)40-45)67-62-28-17-15-26-60(62)66(49-20-9-7-10-21-49)61-27-16-18-29-63(61)67/h5-44H,1-4H3/b6-5-,19-8-,31-30+. The molecule has 0 saturated heterocycles. The third-order valence-electron chi connectivity index (χ3n) is 14.1. The van der Waals surface area contributed by atoms with Crippen LogP contribution in [-0.2, 0) is 5.41 Å². The number of hydrogen-bond donors (Lipinski definition) is 0. The molecule has 0 bridgehead atoms. The van der Waals surface area contributed by atoms with Gasteiger partial charge in [-0.1, -0.05) is 159 Å². The number of para-hydroxylation sites is 9. The van der Waals surface area contributed by atoms with Crippen molar-refractivity contribution in [1.82, 2.24) is 0 Å². The van der Waals surface area contributed by atoms with Crippen LogP contribution in [0.25, 0.3) is 34.1 Å². The molecule has 1 unspecified atom stereocenters. The fraction of sp³-hybridized carbons (Fsp3) is 0.0938. The molecule has 0 aromatic heterocycles. The molecule has 4 nitrogen and oxygen atoms in total. The maximum Gasteiger partial charge on any atom is 0.0703 e. The SMILES string of the molecule is C/C=C\C=C/C(C)N1c2ccccc2N(c2ccc3c(c2)C(C)(C)c2cc(/C=C/c4ccc5cc(N6c7ccccc7N(c7ccccc7)c7ccccc76)ccc5c4)ccc2-3)c2ccccc21. The first-order valence-corrected chi connectivity index (χ1v) is 23.8. The Kier molecular flexibility index (Phi) is 9.99. The summed E-state index contributed by atoms with van der Waals surface area (Å²) in [5.41, 5.74) is 20.4. The van der Waals surface area contributed by atoms with Gasteiger partial charge in [-0.25, -0.2) is 0 Å². The lowest BCUT2D eigenvalue weighted by Crippen LogP contribution is -2.32. The van der Waals surface area contributed by atoms with Crippen molar-refractivity contribution in [2.24, 2.45) is 0 Å². The van der Waals surface area contributed by atoms with Crippen molar-refractivity contribution in [2.45, 2.75) is 39.2 Å². The molecule has 0 spiro atoms. The average Bonchev–Trinajstić information content (AvgIpc) is 3.60. The van der Waals surface area contributed by atoms with E-state index in [1.165, 1.54) is 72.6 Å². The molecular weight excluding hydrogens is 825 g/mol. The summed E-state index contributed by atoms with van der Waals surface area (Å²) in [5.74, 6) is 0. The molecule has 12 rings (SSSR count). The lowest BCUT2D eigenvalue weighted by atomic mass is 9.81. The summed E-state index contributed by atoms with van der Waals surface area (Å²) in [6.07, 6.45) is 13.1. The Morgan fingerprint density at radius 2 is 0.824 bits per heavy atom. The Balaban J connectivity index is 0.828. The van der Waals surface area contributed by atoms with E-state index in [0.29, 0.717) is 0 Å². The second-order valence-electron chi connectivity index (χ2n) is 18.6. The molecule has 4 heteroatoms. The van der Waals surface area contributed by atoms with E-state index in [9.17, 15) is 0 Å². The maximum atomic E-state index is 2.46. The summed E-state index contributed by atoms with van der Waals surface area (Å²) < 4.78 is 0. The van der Waals surface area contributed by atoms with Gasteiger partial charge in [0.1, 0.15) is 0 Å². The van der Waals surface area contributed by atoms with Crippen LogP contribution in [0.3, 0.4) is 0 Å². The first-order valence-electron chi connectivity index (χ1n) is 23.8. The van der Waals surface area contributed by atoms with E-state index in [4.69, 9.17) is 0 Å². The number of fused-ring (bicyclic) bond motifs is 8. The molecule has 3 aliphatic rings. The molecule has 1 aliphatic carbocycles. The van der Waals surface area contributed by atoms with Crippen LogP contribution >= 0.6 is 0 Å². The monoisotopic (exact) mass is 876 g/mol. The van der Waals surface area contributed by atoms with Gasteiger partial charge in [0, 0.05) is 28.5 Å². The zero-order chi connectivity index (χ0) is 45.9. The van der Waals surface area contributed by atoms with Gasteiger partial charge in [-0.3, -0.25) is 0 Å². The summed E-state index contributed by atoms with van der Waals surface area (Å²) in [5, 5.41) is 2.42. The Morgan fingerprint density at radius 3 is 1.41 bits per heavy atom. The van der Waals surface area contributed by atoms with Gasteiger partial charge in [-0.05, 0) is 149 Å². The van der Waals surface area contributed by atoms with E-state index >= 15 is 0 Å². The van der Waals surface area contributed by atoms with Crippen LogP contribution in [0.2, 0.25) is 0 Å². The van der Waals surface area contributed by atoms with Gasteiger partial charge in [-0.2, -0.15) is 0 Å². The average molecular weight is 877 g/mol. The second kappa shape index (κ2) is 16.5. The third-order valence-corrected chi connectivity index (χ3v) is 14.1. The summed E-state index contributed by atoms with van der Waals surface area (Å²) in [6, 6.07) is 73.6. The largest absolute Gasteiger partial charge is 0.331 e. The van der Waals surface area contributed by atoms with Crippen molar-refractivity contribution in [3.63, 3.8) is 0 Å². The second-order valence-corrected chi connectivity index (χ2v) is 18.6. The van der Waals surface area contributed by atoms with Crippen molar-refractivity contribution in [3.8, 4) is 11.1 Å². The normalized spacial score (nSPS) is 14.8. The van der Waals surface area contributed by atoms with Crippen molar-refractivity contribution < 1.29 is 0 Å². The Bertz CT molecular complexity index is 3410. The highest BCUT2D eigenvalue weighted by Gasteiger charge is 2.38. The minimum absolute atomic E-state index is 0.165. The van der Waals surface area contributed by atoms with E-state index < -0.39 is 0 Å². The predicted molar refractivity (Wildman–Crippen MR) is 290 cm³/mol. The van der Waals surface area contributed by atoms with Gasteiger partial charge in [0.05, 0.1) is 45.5 Å². The van der Waals surface area contributed by atoms with E-state index in [1.54, 1.807) is 0 Å². The molecule has 2 aliphatic heterocycles. The van der Waals surface area contributed by atoms with Crippen LogP contribution in [0.5, 0.6) is 0 Å². The highest BCUT2D eigenvalue weighted by Crippen LogP contribution is 2.56. The molecule has 9 aromatic rings. The van der Waals surface area contributed by atoms with Crippen LogP contribution < -0.4 is 19.6 Å². The number of nitrogens with zero attached hydrogens (tertiary/aromatic N) is 4. The van der Waals surface area contributed by atoms with Crippen molar-refractivity contribution in [2.75, 3.05) is 19.6 Å². The van der Waals surface area contributed by atoms with Crippen molar-refractivity contribution in [1.29, 1.82) is 0 Å². The fourth-order valence-electron chi connectivity index (χ4n) is 10.9. The number of benzene rings is 9. The fourth-order valence-corrected chi connectivity index (χ4v) is 10.9. The third kappa shape index (κ3) is 6.75. The molecule has 1 atom stereocenters. The van der Waals surface area contributed by atoms with Crippen LogP contribution in [0.1, 0.15) is 49.9 Å². The van der Waals surface area contributed by atoms with Crippen LogP contribution in [0.15, 0.2) is 224 Å². The number of anilines is 11. The van der Waals surface area contributed by atoms with E-state index in [-0.39, 0.29) is 11.5 Å². The first-order chi connectivity index (χ1) is 33.4. The molecule has 9 aromatic carbocycles. The van der Waals surface area contributed by atoms with Gasteiger partial charge in [0.15, 0.2) is 0 Å². The molecular formula is C64H52N4. The Labute approximate surface area is 400 Å². The van der Waals surface area contributed by atoms with Crippen molar-refractivity contribution >= 4 is 85.5 Å². The zero-order valence-electron chi connectivity index (χ0n) is 38.9. The van der Waals surface area contributed by atoms with Crippen molar-refractivity contribution in [3.05, 3.63) is 247 Å². The van der Waals surface area contributed by atoms with Gasteiger partial charge < -0.3 is 19.6 Å². The summed E-state index contributed by atoms with van der Waals surface area (Å²) >= 11 is 0. The number of hydrogen-bond acceptors (Lipinski definition) is 4. The zero-order valence-corrected chi connectivity index (χ0v) is 38.9. The van der Waals surface area contributed by atoms with Crippen LogP contribution in [0.4, 0.5) is 62.6 Å². The molecule has 0 saturated carbocycles. The van der Waals surface area contributed by atoms with E-state index in [0.717, 1.165) is 34.1 Å².